The fourth-order valence-electron chi connectivity index (χ4n) is 2.38. The molecular weight excluding hydrogens is 298 g/mol. The summed E-state index contributed by atoms with van der Waals surface area (Å²) < 4.78 is 15.3. The Morgan fingerprint density at radius 1 is 1.25 bits per heavy atom. The van der Waals surface area contributed by atoms with Crippen molar-refractivity contribution in [1.82, 2.24) is 9.78 Å². The molecule has 1 heterocycles. The van der Waals surface area contributed by atoms with Gasteiger partial charge in [-0.25, -0.2) is 4.39 Å². The fraction of sp³-hybridized carbons (Fsp3) is 0.400. The quantitative estimate of drug-likeness (QED) is 0.767. The van der Waals surface area contributed by atoms with Gasteiger partial charge in [0.15, 0.2) is 0 Å². The first-order valence-corrected chi connectivity index (χ1v) is 7.45. The van der Waals surface area contributed by atoms with E-state index in [-0.39, 0.29) is 5.82 Å². The normalized spacial score (nSPS) is 11.8. The van der Waals surface area contributed by atoms with Crippen LogP contribution in [0.3, 0.4) is 0 Å². The molecule has 0 saturated carbocycles. The largest absolute Gasteiger partial charge is 0.272 e. The summed E-state index contributed by atoms with van der Waals surface area (Å²) >= 11 is 12.4. The van der Waals surface area contributed by atoms with Crippen LogP contribution in [0.25, 0.3) is 0 Å². The van der Waals surface area contributed by atoms with Gasteiger partial charge < -0.3 is 0 Å². The lowest BCUT2D eigenvalue weighted by molar-refractivity contribution is 0.505. The molecule has 5 heteroatoms. The standard InChI is InChI=1S/C15H17Cl2FN2/c1-11-6-14(20(2)19-11)8-15(9-16,10-17)12-4-3-5-13(18)7-12/h3-7H,8-10H2,1-2H3. The number of halogens is 3. The minimum atomic E-state index is -0.495. The summed E-state index contributed by atoms with van der Waals surface area (Å²) in [5.74, 6) is 0.372. The van der Waals surface area contributed by atoms with Crippen molar-refractivity contribution in [2.75, 3.05) is 11.8 Å². The zero-order valence-electron chi connectivity index (χ0n) is 11.5. The Balaban J connectivity index is 2.42. The highest BCUT2D eigenvalue weighted by molar-refractivity contribution is 6.22. The van der Waals surface area contributed by atoms with Crippen molar-refractivity contribution in [1.29, 1.82) is 0 Å². The molecule has 2 aromatic rings. The van der Waals surface area contributed by atoms with E-state index in [0.717, 1.165) is 17.0 Å². The Kier molecular flexibility index (Phi) is 4.71. The van der Waals surface area contributed by atoms with E-state index < -0.39 is 5.41 Å². The molecule has 1 aromatic heterocycles. The van der Waals surface area contributed by atoms with Gasteiger partial charge in [-0.2, -0.15) is 5.10 Å². The highest BCUT2D eigenvalue weighted by atomic mass is 35.5. The third-order valence-corrected chi connectivity index (χ3v) is 4.59. The zero-order valence-corrected chi connectivity index (χ0v) is 13.0. The van der Waals surface area contributed by atoms with E-state index in [1.165, 1.54) is 12.1 Å². The van der Waals surface area contributed by atoms with Gasteiger partial charge in [0.05, 0.1) is 5.69 Å². The van der Waals surface area contributed by atoms with Gasteiger partial charge in [-0.15, -0.1) is 23.2 Å². The molecule has 2 rings (SSSR count). The molecule has 0 fully saturated rings. The summed E-state index contributed by atoms with van der Waals surface area (Å²) in [5.41, 5.74) is 2.31. The molecule has 0 radical (unpaired) electrons. The number of hydrogen-bond acceptors (Lipinski definition) is 1. The molecule has 0 aliphatic heterocycles. The van der Waals surface area contributed by atoms with Crippen LogP contribution in [-0.4, -0.2) is 21.5 Å². The van der Waals surface area contributed by atoms with Crippen molar-refractivity contribution < 1.29 is 4.39 Å². The van der Waals surface area contributed by atoms with E-state index in [2.05, 4.69) is 5.10 Å². The first kappa shape index (κ1) is 15.3. The first-order valence-electron chi connectivity index (χ1n) is 6.38. The van der Waals surface area contributed by atoms with E-state index in [1.807, 2.05) is 30.8 Å². The maximum Gasteiger partial charge on any atom is 0.123 e. The van der Waals surface area contributed by atoms with Gasteiger partial charge in [0, 0.05) is 36.3 Å². The van der Waals surface area contributed by atoms with Gasteiger partial charge in [0.2, 0.25) is 0 Å². The monoisotopic (exact) mass is 314 g/mol. The second kappa shape index (κ2) is 6.15. The predicted molar refractivity (Wildman–Crippen MR) is 81.2 cm³/mol. The maximum atomic E-state index is 13.5. The zero-order chi connectivity index (χ0) is 14.8. The van der Waals surface area contributed by atoms with E-state index in [9.17, 15) is 4.39 Å². The molecule has 0 bridgehead atoms. The van der Waals surface area contributed by atoms with Crippen molar-refractivity contribution in [3.8, 4) is 0 Å². The molecule has 108 valence electrons. The summed E-state index contributed by atoms with van der Waals surface area (Å²) in [4.78, 5) is 0. The van der Waals surface area contributed by atoms with E-state index >= 15 is 0 Å². The van der Waals surface area contributed by atoms with Gasteiger partial charge >= 0.3 is 0 Å². The van der Waals surface area contributed by atoms with Gasteiger partial charge in [0.25, 0.3) is 0 Å². The fourth-order valence-corrected chi connectivity index (χ4v) is 3.16. The van der Waals surface area contributed by atoms with Crippen LogP contribution < -0.4 is 0 Å². The number of rotatable bonds is 5. The van der Waals surface area contributed by atoms with Gasteiger partial charge in [-0.3, -0.25) is 4.68 Å². The third-order valence-electron chi connectivity index (χ3n) is 3.57. The number of hydrogen-bond donors (Lipinski definition) is 0. The minimum absolute atomic E-state index is 0.275. The first-order chi connectivity index (χ1) is 9.50. The molecule has 0 spiro atoms. The Hall–Kier alpha value is -1.06. The van der Waals surface area contributed by atoms with Crippen molar-refractivity contribution >= 4 is 23.2 Å². The summed E-state index contributed by atoms with van der Waals surface area (Å²) in [6, 6.07) is 8.50. The Morgan fingerprint density at radius 3 is 2.45 bits per heavy atom. The van der Waals surface area contributed by atoms with Crippen molar-refractivity contribution in [2.45, 2.75) is 18.8 Å². The second-order valence-corrected chi connectivity index (χ2v) is 5.67. The van der Waals surface area contributed by atoms with E-state index in [4.69, 9.17) is 23.2 Å². The molecule has 0 amide bonds. The molecule has 0 N–H and O–H groups in total. The lowest BCUT2D eigenvalue weighted by atomic mass is 9.80. The third kappa shape index (κ3) is 2.99. The second-order valence-electron chi connectivity index (χ2n) is 5.14. The van der Waals surface area contributed by atoms with Crippen LogP contribution in [0, 0.1) is 12.7 Å². The van der Waals surface area contributed by atoms with Crippen LogP contribution in [0.15, 0.2) is 30.3 Å². The van der Waals surface area contributed by atoms with Crippen LogP contribution in [0.1, 0.15) is 17.0 Å². The summed E-state index contributed by atoms with van der Waals surface area (Å²) in [5, 5.41) is 4.33. The Morgan fingerprint density at radius 2 is 1.95 bits per heavy atom. The summed E-state index contributed by atoms with van der Waals surface area (Å²) in [6.45, 7) is 1.94. The number of benzene rings is 1. The highest BCUT2D eigenvalue weighted by Crippen LogP contribution is 2.32. The van der Waals surface area contributed by atoms with Crippen LogP contribution in [-0.2, 0) is 18.9 Å². The smallest absolute Gasteiger partial charge is 0.123 e. The molecule has 2 nitrogen and oxygen atoms in total. The van der Waals surface area contributed by atoms with Gasteiger partial charge in [-0.05, 0) is 30.7 Å². The Labute approximate surface area is 128 Å². The van der Waals surface area contributed by atoms with Crippen LogP contribution in [0.4, 0.5) is 4.39 Å². The van der Waals surface area contributed by atoms with Crippen LogP contribution in [0.2, 0.25) is 0 Å². The summed E-state index contributed by atoms with van der Waals surface area (Å²) in [6.07, 6.45) is 0.626. The molecule has 0 atom stereocenters. The average molecular weight is 315 g/mol. The molecule has 1 aromatic carbocycles. The molecular formula is C15H17Cl2FN2. The van der Waals surface area contributed by atoms with Crippen molar-refractivity contribution in [2.24, 2.45) is 7.05 Å². The predicted octanol–water partition coefficient (Wildman–Crippen LogP) is 3.83. The van der Waals surface area contributed by atoms with E-state index in [1.54, 1.807) is 6.07 Å². The topological polar surface area (TPSA) is 17.8 Å². The van der Waals surface area contributed by atoms with Gasteiger partial charge in [0.1, 0.15) is 5.82 Å². The molecule has 0 aliphatic rings. The maximum absolute atomic E-state index is 13.5. The molecule has 0 saturated heterocycles. The van der Waals surface area contributed by atoms with Crippen LogP contribution >= 0.6 is 23.2 Å². The van der Waals surface area contributed by atoms with Gasteiger partial charge in [-0.1, -0.05) is 12.1 Å². The minimum Gasteiger partial charge on any atom is -0.272 e. The van der Waals surface area contributed by atoms with Crippen molar-refractivity contribution in [3.63, 3.8) is 0 Å². The van der Waals surface area contributed by atoms with Crippen LogP contribution in [0.5, 0.6) is 0 Å². The molecule has 0 unspecified atom stereocenters. The van der Waals surface area contributed by atoms with E-state index in [0.29, 0.717) is 18.2 Å². The number of alkyl halides is 2. The number of nitrogens with zero attached hydrogens (tertiary/aromatic N) is 2. The lowest BCUT2D eigenvalue weighted by Gasteiger charge is -2.30. The highest BCUT2D eigenvalue weighted by Gasteiger charge is 2.32. The summed E-state index contributed by atoms with van der Waals surface area (Å²) in [7, 11) is 1.89. The number of aryl methyl sites for hydroxylation is 2. The SMILES string of the molecule is Cc1cc(CC(CCl)(CCl)c2cccc(F)c2)n(C)n1. The molecule has 20 heavy (non-hydrogen) atoms. The average Bonchev–Trinajstić information content (AvgIpc) is 2.74. The molecule has 0 aliphatic carbocycles. The number of aromatic nitrogens is 2. The lowest BCUT2D eigenvalue weighted by Crippen LogP contribution is -2.34. The Bertz CT molecular complexity index is 591. The van der Waals surface area contributed by atoms with Crippen molar-refractivity contribution in [3.05, 3.63) is 53.1 Å².